The van der Waals surface area contributed by atoms with Gasteiger partial charge in [0.25, 0.3) is 0 Å². The zero-order valence-electron chi connectivity index (χ0n) is 10.8. The first-order valence-electron chi connectivity index (χ1n) is 6.43. The Bertz CT molecular complexity index is 372. The minimum Gasteiger partial charge on any atom is -0.398 e. The fourth-order valence-corrected chi connectivity index (χ4v) is 2.28. The molecule has 0 spiro atoms. The molecule has 17 heavy (non-hydrogen) atoms. The van der Waals surface area contributed by atoms with Crippen LogP contribution in [0.2, 0.25) is 0 Å². The molecule has 2 rings (SSSR count). The normalized spacial score (nSPS) is 19.5. The molecule has 0 saturated carbocycles. The summed E-state index contributed by atoms with van der Waals surface area (Å²) < 4.78 is 5.69. The number of nitrogen functional groups attached to an aromatic ring is 1. The van der Waals surface area contributed by atoms with Crippen molar-refractivity contribution >= 4 is 11.4 Å². The van der Waals surface area contributed by atoms with E-state index in [1.807, 2.05) is 6.92 Å². The van der Waals surface area contributed by atoms with Crippen molar-refractivity contribution in [3.8, 4) is 0 Å². The summed E-state index contributed by atoms with van der Waals surface area (Å²) in [4.78, 5) is 2.34. The van der Waals surface area contributed by atoms with E-state index in [0.29, 0.717) is 6.10 Å². The predicted octanol–water partition coefficient (Wildman–Crippen LogP) is 2.58. The van der Waals surface area contributed by atoms with Gasteiger partial charge in [0.15, 0.2) is 0 Å². The van der Waals surface area contributed by atoms with Crippen LogP contribution in [0.5, 0.6) is 0 Å². The van der Waals surface area contributed by atoms with Crippen molar-refractivity contribution in [2.75, 3.05) is 30.3 Å². The van der Waals surface area contributed by atoms with Gasteiger partial charge in [0.05, 0.1) is 6.10 Å². The molecule has 0 aromatic heterocycles. The van der Waals surface area contributed by atoms with Gasteiger partial charge in [-0.15, -0.1) is 0 Å². The number of nitrogens with two attached hydrogens (primary N) is 1. The number of ether oxygens (including phenoxy) is 1. The maximum atomic E-state index is 5.96. The third kappa shape index (κ3) is 2.91. The number of anilines is 2. The SMILES string of the molecule is CCN(CC1CCCO1)c1ccc(C)c(N)c1. The van der Waals surface area contributed by atoms with Gasteiger partial charge >= 0.3 is 0 Å². The summed E-state index contributed by atoms with van der Waals surface area (Å²) in [5, 5.41) is 0. The smallest absolute Gasteiger partial charge is 0.0750 e. The third-order valence-electron chi connectivity index (χ3n) is 3.46. The molecule has 3 heteroatoms. The summed E-state index contributed by atoms with van der Waals surface area (Å²) in [7, 11) is 0. The van der Waals surface area contributed by atoms with Crippen LogP contribution in [0, 0.1) is 6.92 Å². The topological polar surface area (TPSA) is 38.5 Å². The number of benzene rings is 1. The molecule has 1 heterocycles. The first-order valence-corrected chi connectivity index (χ1v) is 6.43. The van der Waals surface area contributed by atoms with Crippen molar-refractivity contribution in [2.24, 2.45) is 0 Å². The van der Waals surface area contributed by atoms with Crippen molar-refractivity contribution in [3.05, 3.63) is 23.8 Å². The average Bonchev–Trinajstić information content (AvgIpc) is 2.82. The molecule has 0 bridgehead atoms. The molecule has 1 aromatic carbocycles. The Kier molecular flexibility index (Phi) is 3.89. The molecule has 1 saturated heterocycles. The summed E-state index contributed by atoms with van der Waals surface area (Å²) in [6.07, 6.45) is 2.76. The van der Waals surface area contributed by atoms with Crippen molar-refractivity contribution in [1.29, 1.82) is 0 Å². The van der Waals surface area contributed by atoms with Crippen LogP contribution in [0.25, 0.3) is 0 Å². The molecule has 1 atom stereocenters. The second kappa shape index (κ2) is 5.41. The van der Waals surface area contributed by atoms with Gasteiger partial charge in [-0.1, -0.05) is 6.07 Å². The van der Waals surface area contributed by atoms with Gasteiger partial charge in [-0.2, -0.15) is 0 Å². The highest BCUT2D eigenvalue weighted by molar-refractivity contribution is 5.59. The second-order valence-corrected chi connectivity index (χ2v) is 4.71. The van der Waals surface area contributed by atoms with E-state index in [4.69, 9.17) is 10.5 Å². The largest absolute Gasteiger partial charge is 0.398 e. The van der Waals surface area contributed by atoms with E-state index in [9.17, 15) is 0 Å². The van der Waals surface area contributed by atoms with Crippen molar-refractivity contribution in [1.82, 2.24) is 0 Å². The molecular formula is C14H22N2O. The molecule has 1 aliphatic rings. The molecule has 1 fully saturated rings. The minimum absolute atomic E-state index is 0.387. The summed E-state index contributed by atoms with van der Waals surface area (Å²) in [6, 6.07) is 6.29. The molecule has 1 aliphatic heterocycles. The van der Waals surface area contributed by atoms with E-state index in [2.05, 4.69) is 30.0 Å². The molecule has 1 unspecified atom stereocenters. The summed E-state index contributed by atoms with van der Waals surface area (Å²) >= 11 is 0. The van der Waals surface area contributed by atoms with Crippen LogP contribution in [0.1, 0.15) is 25.3 Å². The lowest BCUT2D eigenvalue weighted by Crippen LogP contribution is -2.32. The van der Waals surface area contributed by atoms with E-state index in [0.717, 1.165) is 30.9 Å². The van der Waals surface area contributed by atoms with Gasteiger partial charge in [0.2, 0.25) is 0 Å². The molecule has 94 valence electrons. The Hall–Kier alpha value is -1.22. The standard InChI is InChI=1S/C14H22N2O/c1-3-16(10-13-5-4-8-17-13)12-7-6-11(2)14(15)9-12/h6-7,9,13H,3-5,8,10,15H2,1-2H3. The Morgan fingerprint density at radius 1 is 1.47 bits per heavy atom. The third-order valence-corrected chi connectivity index (χ3v) is 3.46. The number of hydrogen-bond acceptors (Lipinski definition) is 3. The summed E-state index contributed by atoms with van der Waals surface area (Å²) in [5.41, 5.74) is 9.17. The Morgan fingerprint density at radius 2 is 2.29 bits per heavy atom. The Morgan fingerprint density at radius 3 is 2.88 bits per heavy atom. The van der Waals surface area contributed by atoms with Crippen LogP contribution in [-0.4, -0.2) is 25.8 Å². The second-order valence-electron chi connectivity index (χ2n) is 4.71. The van der Waals surface area contributed by atoms with Crippen LogP contribution >= 0.6 is 0 Å². The lowest BCUT2D eigenvalue weighted by atomic mass is 10.1. The fourth-order valence-electron chi connectivity index (χ4n) is 2.28. The van der Waals surface area contributed by atoms with E-state index >= 15 is 0 Å². The lowest BCUT2D eigenvalue weighted by Gasteiger charge is -2.26. The summed E-state index contributed by atoms with van der Waals surface area (Å²) in [5.74, 6) is 0. The van der Waals surface area contributed by atoms with Crippen molar-refractivity contribution in [2.45, 2.75) is 32.8 Å². The highest BCUT2D eigenvalue weighted by atomic mass is 16.5. The Balaban J connectivity index is 2.08. The first kappa shape index (κ1) is 12.2. The molecule has 1 aromatic rings. The number of likely N-dealkylation sites (N-methyl/N-ethyl adjacent to an activating group) is 1. The maximum absolute atomic E-state index is 5.96. The monoisotopic (exact) mass is 234 g/mol. The van der Waals surface area contributed by atoms with Gasteiger partial charge < -0.3 is 15.4 Å². The first-order chi connectivity index (χ1) is 8.20. The fraction of sp³-hybridized carbons (Fsp3) is 0.571. The lowest BCUT2D eigenvalue weighted by molar-refractivity contribution is 0.115. The predicted molar refractivity (Wildman–Crippen MR) is 72.5 cm³/mol. The number of aryl methyl sites for hydroxylation is 1. The van der Waals surface area contributed by atoms with E-state index < -0.39 is 0 Å². The van der Waals surface area contributed by atoms with E-state index in [-0.39, 0.29) is 0 Å². The quantitative estimate of drug-likeness (QED) is 0.814. The molecule has 2 N–H and O–H groups in total. The van der Waals surface area contributed by atoms with E-state index in [1.165, 1.54) is 18.5 Å². The van der Waals surface area contributed by atoms with Crippen LogP contribution in [0.4, 0.5) is 11.4 Å². The van der Waals surface area contributed by atoms with Gasteiger partial charge in [-0.3, -0.25) is 0 Å². The Labute approximate surface area is 104 Å². The maximum Gasteiger partial charge on any atom is 0.0750 e. The highest BCUT2D eigenvalue weighted by Gasteiger charge is 2.18. The van der Waals surface area contributed by atoms with Crippen LogP contribution < -0.4 is 10.6 Å². The molecule has 3 nitrogen and oxygen atoms in total. The van der Waals surface area contributed by atoms with Crippen LogP contribution in [0.3, 0.4) is 0 Å². The molecule has 0 amide bonds. The van der Waals surface area contributed by atoms with Gasteiger partial charge in [0, 0.05) is 31.1 Å². The van der Waals surface area contributed by atoms with Crippen molar-refractivity contribution in [3.63, 3.8) is 0 Å². The molecule has 0 aliphatic carbocycles. The van der Waals surface area contributed by atoms with Gasteiger partial charge in [-0.05, 0) is 44.4 Å². The summed E-state index contributed by atoms with van der Waals surface area (Å²) in [6.45, 7) is 7.08. The molecular weight excluding hydrogens is 212 g/mol. The average molecular weight is 234 g/mol. The van der Waals surface area contributed by atoms with Crippen LogP contribution in [0.15, 0.2) is 18.2 Å². The van der Waals surface area contributed by atoms with E-state index in [1.54, 1.807) is 0 Å². The highest BCUT2D eigenvalue weighted by Crippen LogP contribution is 2.23. The van der Waals surface area contributed by atoms with Crippen LogP contribution in [-0.2, 0) is 4.74 Å². The zero-order valence-corrected chi connectivity index (χ0v) is 10.8. The van der Waals surface area contributed by atoms with Gasteiger partial charge in [-0.25, -0.2) is 0 Å². The molecule has 0 radical (unpaired) electrons. The number of nitrogens with zero attached hydrogens (tertiary/aromatic N) is 1. The number of rotatable bonds is 4. The zero-order chi connectivity index (χ0) is 12.3. The van der Waals surface area contributed by atoms with Gasteiger partial charge in [0.1, 0.15) is 0 Å². The number of hydrogen-bond donors (Lipinski definition) is 1. The van der Waals surface area contributed by atoms with Crippen molar-refractivity contribution < 1.29 is 4.74 Å². The minimum atomic E-state index is 0.387.